The Bertz CT molecular complexity index is 1540. The highest BCUT2D eigenvalue weighted by Gasteiger charge is 2.25. The Morgan fingerprint density at radius 1 is 1.21 bits per heavy atom. The maximum atomic E-state index is 12.9. The average Bonchev–Trinajstić information content (AvgIpc) is 3.72. The summed E-state index contributed by atoms with van der Waals surface area (Å²) in [5.41, 5.74) is 11.0. The van der Waals surface area contributed by atoms with Crippen LogP contribution in [0, 0.1) is 6.92 Å². The van der Waals surface area contributed by atoms with Gasteiger partial charge in [-0.25, -0.2) is 9.97 Å². The first kappa shape index (κ1) is 25.8. The number of fused-ring (bicyclic) bond motifs is 1. The van der Waals surface area contributed by atoms with Gasteiger partial charge in [-0.05, 0) is 62.2 Å². The molecule has 9 heteroatoms. The van der Waals surface area contributed by atoms with Gasteiger partial charge in [-0.1, -0.05) is 35.9 Å². The first-order valence-corrected chi connectivity index (χ1v) is 12.9. The van der Waals surface area contributed by atoms with Gasteiger partial charge >= 0.3 is 0 Å². The standard InChI is InChI=1S/C29H31ClN6O2/c1-18-10-11-19(15-23(18)38-4)25-26-28(31)32-17-33-29(26)36(27(25)30)22-8-5-7-21(16-22)35(3)24(37)9-6-14-34(2)20-12-13-20/h5-11,15-17,20H,12-14H2,1-4H3,(H2,31,32,33). The van der Waals surface area contributed by atoms with Crippen molar-refractivity contribution in [1.82, 2.24) is 19.4 Å². The molecule has 2 aromatic heterocycles. The Hall–Kier alpha value is -3.88. The Morgan fingerprint density at radius 3 is 2.74 bits per heavy atom. The molecule has 0 aliphatic heterocycles. The lowest BCUT2D eigenvalue weighted by Crippen LogP contribution is -2.25. The topological polar surface area (TPSA) is 89.5 Å². The van der Waals surface area contributed by atoms with Crippen LogP contribution in [0.25, 0.3) is 27.8 Å². The summed E-state index contributed by atoms with van der Waals surface area (Å²) in [7, 11) is 5.48. The molecule has 1 fully saturated rings. The van der Waals surface area contributed by atoms with E-state index >= 15 is 0 Å². The third kappa shape index (κ3) is 4.85. The largest absolute Gasteiger partial charge is 0.496 e. The number of halogens is 1. The van der Waals surface area contributed by atoms with Crippen LogP contribution < -0.4 is 15.4 Å². The van der Waals surface area contributed by atoms with E-state index < -0.39 is 0 Å². The number of likely N-dealkylation sites (N-methyl/N-ethyl adjacent to an activating group) is 2. The zero-order chi connectivity index (χ0) is 27.0. The van der Waals surface area contributed by atoms with Crippen molar-refractivity contribution in [2.45, 2.75) is 25.8 Å². The summed E-state index contributed by atoms with van der Waals surface area (Å²) in [5, 5.41) is 1.09. The second-order valence-corrected chi connectivity index (χ2v) is 9.99. The molecule has 2 heterocycles. The van der Waals surface area contributed by atoms with Crippen LogP contribution in [-0.4, -0.2) is 59.1 Å². The lowest BCUT2D eigenvalue weighted by molar-refractivity contribution is -0.113. The number of nitrogens with zero attached hydrogens (tertiary/aromatic N) is 5. The van der Waals surface area contributed by atoms with E-state index in [1.54, 1.807) is 25.1 Å². The van der Waals surface area contributed by atoms with Gasteiger partial charge in [0.05, 0.1) is 18.2 Å². The van der Waals surface area contributed by atoms with Crippen LogP contribution in [0.2, 0.25) is 5.15 Å². The highest BCUT2D eigenvalue weighted by atomic mass is 35.5. The molecule has 0 atom stereocenters. The number of hydrogen-bond acceptors (Lipinski definition) is 6. The van der Waals surface area contributed by atoms with Crippen LogP contribution in [0.5, 0.6) is 5.75 Å². The molecule has 4 aromatic rings. The zero-order valence-electron chi connectivity index (χ0n) is 22.0. The first-order chi connectivity index (χ1) is 18.3. The van der Waals surface area contributed by atoms with Crippen molar-refractivity contribution in [2.75, 3.05) is 38.4 Å². The molecule has 0 radical (unpaired) electrons. The number of benzene rings is 2. The molecule has 1 aliphatic carbocycles. The van der Waals surface area contributed by atoms with Gasteiger partial charge in [-0.15, -0.1) is 0 Å². The maximum Gasteiger partial charge on any atom is 0.250 e. The zero-order valence-corrected chi connectivity index (χ0v) is 22.7. The lowest BCUT2D eigenvalue weighted by Gasteiger charge is -2.18. The van der Waals surface area contributed by atoms with Gasteiger partial charge < -0.3 is 15.4 Å². The van der Waals surface area contributed by atoms with Crippen LogP contribution in [0.3, 0.4) is 0 Å². The van der Waals surface area contributed by atoms with Crippen LogP contribution in [-0.2, 0) is 4.79 Å². The van der Waals surface area contributed by atoms with Gasteiger partial charge in [-0.2, -0.15) is 0 Å². The summed E-state index contributed by atoms with van der Waals surface area (Å²) in [6.45, 7) is 2.73. The van der Waals surface area contributed by atoms with E-state index in [4.69, 9.17) is 22.1 Å². The molecular formula is C29H31ClN6O2. The van der Waals surface area contributed by atoms with Crippen molar-refractivity contribution in [3.8, 4) is 22.6 Å². The number of amides is 1. The molecular weight excluding hydrogens is 500 g/mol. The van der Waals surface area contributed by atoms with Crippen molar-refractivity contribution in [1.29, 1.82) is 0 Å². The monoisotopic (exact) mass is 530 g/mol. The summed E-state index contributed by atoms with van der Waals surface area (Å²) >= 11 is 7.05. The predicted molar refractivity (Wildman–Crippen MR) is 153 cm³/mol. The molecule has 8 nitrogen and oxygen atoms in total. The fourth-order valence-electron chi connectivity index (χ4n) is 4.65. The van der Waals surface area contributed by atoms with Crippen molar-refractivity contribution in [3.05, 3.63) is 71.7 Å². The minimum atomic E-state index is -0.103. The Labute approximate surface area is 227 Å². The Kier molecular flexibility index (Phi) is 7.10. The number of anilines is 2. The van der Waals surface area contributed by atoms with Crippen LogP contribution in [0.1, 0.15) is 18.4 Å². The van der Waals surface area contributed by atoms with E-state index in [9.17, 15) is 4.79 Å². The maximum absolute atomic E-state index is 12.9. The second-order valence-electron chi connectivity index (χ2n) is 9.63. The molecule has 1 saturated carbocycles. The SMILES string of the molecule is COc1cc(-c2c(Cl)n(-c3cccc(N(C)C(=O)C=CCN(C)C4CC4)c3)c3ncnc(N)c23)ccc1C. The van der Waals surface area contributed by atoms with Crippen LogP contribution in [0.4, 0.5) is 11.5 Å². The summed E-state index contributed by atoms with van der Waals surface area (Å²) in [5.74, 6) is 0.970. The van der Waals surface area contributed by atoms with E-state index in [1.807, 2.05) is 60.0 Å². The van der Waals surface area contributed by atoms with E-state index in [-0.39, 0.29) is 5.91 Å². The minimum absolute atomic E-state index is 0.103. The number of aryl methyl sites for hydroxylation is 1. The van der Waals surface area contributed by atoms with E-state index in [1.165, 1.54) is 19.2 Å². The lowest BCUT2D eigenvalue weighted by atomic mass is 10.0. The van der Waals surface area contributed by atoms with Crippen molar-refractivity contribution < 1.29 is 9.53 Å². The molecule has 38 heavy (non-hydrogen) atoms. The van der Waals surface area contributed by atoms with Gasteiger partial charge in [0.25, 0.3) is 0 Å². The fraction of sp³-hybridized carbons (Fsp3) is 0.276. The molecule has 1 amide bonds. The number of methoxy groups -OCH3 is 1. The molecule has 1 aliphatic rings. The number of rotatable bonds is 8. The third-order valence-corrected chi connectivity index (χ3v) is 7.41. The highest BCUT2D eigenvalue weighted by Crippen LogP contribution is 2.42. The van der Waals surface area contributed by atoms with Crippen LogP contribution in [0.15, 0.2) is 60.9 Å². The number of carbonyl (C=O) groups excluding carboxylic acids is 1. The van der Waals surface area contributed by atoms with E-state index in [0.717, 1.165) is 40.4 Å². The van der Waals surface area contributed by atoms with E-state index in [2.05, 4.69) is 21.9 Å². The number of aromatic nitrogens is 3. The highest BCUT2D eigenvalue weighted by molar-refractivity contribution is 6.35. The van der Waals surface area contributed by atoms with Gasteiger partial charge in [0.1, 0.15) is 23.0 Å². The summed E-state index contributed by atoms with van der Waals surface area (Å²) in [4.78, 5) is 25.5. The molecule has 0 bridgehead atoms. The first-order valence-electron chi connectivity index (χ1n) is 12.5. The van der Waals surface area contributed by atoms with Crippen LogP contribution >= 0.6 is 11.6 Å². The smallest absolute Gasteiger partial charge is 0.250 e. The molecule has 2 N–H and O–H groups in total. The predicted octanol–water partition coefficient (Wildman–Crippen LogP) is 5.25. The molecule has 5 rings (SSSR count). The third-order valence-electron chi connectivity index (χ3n) is 7.05. The Balaban J connectivity index is 1.53. The van der Waals surface area contributed by atoms with Crippen molar-refractivity contribution in [2.24, 2.45) is 0 Å². The van der Waals surface area contributed by atoms with Gasteiger partial charge in [0.15, 0.2) is 5.65 Å². The normalized spacial score (nSPS) is 13.5. The molecule has 0 saturated heterocycles. The van der Waals surface area contributed by atoms with Gasteiger partial charge in [-0.3, -0.25) is 14.3 Å². The minimum Gasteiger partial charge on any atom is -0.496 e. The van der Waals surface area contributed by atoms with Crippen molar-refractivity contribution >= 4 is 40.0 Å². The van der Waals surface area contributed by atoms with E-state index in [0.29, 0.717) is 28.0 Å². The number of carbonyl (C=O) groups is 1. The molecule has 0 spiro atoms. The number of hydrogen-bond donors (Lipinski definition) is 1. The fourth-order valence-corrected chi connectivity index (χ4v) is 5.03. The second kappa shape index (κ2) is 10.5. The summed E-state index contributed by atoms with van der Waals surface area (Å²) in [6.07, 6.45) is 7.43. The average molecular weight is 531 g/mol. The molecule has 196 valence electrons. The Morgan fingerprint density at radius 2 is 2.00 bits per heavy atom. The van der Waals surface area contributed by atoms with Gasteiger partial charge in [0.2, 0.25) is 5.91 Å². The number of ether oxygens (including phenoxy) is 1. The number of nitrogens with two attached hydrogens (primary N) is 1. The number of nitrogen functional groups attached to an aromatic ring is 1. The summed E-state index contributed by atoms with van der Waals surface area (Å²) < 4.78 is 7.38. The summed E-state index contributed by atoms with van der Waals surface area (Å²) in [6, 6.07) is 14.1. The van der Waals surface area contributed by atoms with Crippen molar-refractivity contribution in [3.63, 3.8) is 0 Å². The molecule has 2 aromatic carbocycles. The molecule has 0 unspecified atom stereocenters. The van der Waals surface area contributed by atoms with Gasteiger partial charge in [0, 0.05) is 37.0 Å². The quantitative estimate of drug-likeness (QED) is 0.313.